The Morgan fingerprint density at radius 3 is 2.62 bits per heavy atom. The average Bonchev–Trinajstić information content (AvgIpc) is 2.95. The van der Waals surface area contributed by atoms with Crippen molar-refractivity contribution in [1.82, 2.24) is 14.5 Å². The maximum atomic E-state index is 5.93. The van der Waals surface area contributed by atoms with Crippen LogP contribution in [0.3, 0.4) is 0 Å². The standard InChI is InChI=1S/C18H27N3O2Si/c1-5-22-11-8-18-20-14-17(16-6-9-19-10-7-16)21(18)15-23-12-13-24(2,3)4/h6-11,14H,5,12-13,15H2,1-4H3/b11-8+. The smallest absolute Gasteiger partial charge is 0.138 e. The Morgan fingerprint density at radius 2 is 1.96 bits per heavy atom. The van der Waals surface area contributed by atoms with Crippen LogP contribution in [0.4, 0.5) is 0 Å². The van der Waals surface area contributed by atoms with Gasteiger partial charge in [-0.05, 0) is 25.1 Å². The van der Waals surface area contributed by atoms with Gasteiger partial charge in [-0.25, -0.2) is 4.98 Å². The van der Waals surface area contributed by atoms with Gasteiger partial charge >= 0.3 is 0 Å². The molecular weight excluding hydrogens is 318 g/mol. The molecule has 0 unspecified atom stereocenters. The van der Waals surface area contributed by atoms with Crippen molar-refractivity contribution in [3.05, 3.63) is 42.8 Å². The van der Waals surface area contributed by atoms with Gasteiger partial charge in [-0.2, -0.15) is 0 Å². The minimum atomic E-state index is -1.09. The van der Waals surface area contributed by atoms with E-state index in [1.54, 1.807) is 18.7 Å². The maximum Gasteiger partial charge on any atom is 0.138 e. The molecule has 2 aromatic rings. The third-order valence-corrected chi connectivity index (χ3v) is 5.26. The minimum absolute atomic E-state index is 0.480. The molecule has 6 heteroatoms. The number of hydrogen-bond donors (Lipinski definition) is 0. The Balaban J connectivity index is 2.16. The number of pyridine rings is 1. The predicted octanol–water partition coefficient (Wildman–Crippen LogP) is 4.26. The van der Waals surface area contributed by atoms with Gasteiger partial charge < -0.3 is 14.0 Å². The van der Waals surface area contributed by atoms with Crippen LogP contribution in [-0.2, 0) is 16.2 Å². The summed E-state index contributed by atoms with van der Waals surface area (Å²) in [5.41, 5.74) is 2.09. The lowest BCUT2D eigenvalue weighted by Crippen LogP contribution is -2.22. The van der Waals surface area contributed by atoms with Crippen molar-refractivity contribution < 1.29 is 9.47 Å². The lowest BCUT2D eigenvalue weighted by molar-refractivity contribution is 0.0877. The summed E-state index contributed by atoms with van der Waals surface area (Å²) in [5, 5.41) is 0. The highest BCUT2D eigenvalue weighted by Gasteiger charge is 2.14. The third-order valence-electron chi connectivity index (χ3n) is 3.56. The van der Waals surface area contributed by atoms with Gasteiger partial charge in [0.25, 0.3) is 0 Å². The SMILES string of the molecule is CCO/C=C/c1ncc(-c2ccncc2)n1COCC[Si](C)(C)C. The van der Waals surface area contributed by atoms with Crippen LogP contribution in [0.25, 0.3) is 17.3 Å². The van der Waals surface area contributed by atoms with Crippen LogP contribution in [-0.4, -0.2) is 35.8 Å². The average molecular weight is 346 g/mol. The fraction of sp³-hybridized carbons (Fsp3) is 0.444. The van der Waals surface area contributed by atoms with E-state index in [1.165, 1.54) is 0 Å². The van der Waals surface area contributed by atoms with E-state index in [-0.39, 0.29) is 0 Å². The van der Waals surface area contributed by atoms with Crippen molar-refractivity contribution in [2.45, 2.75) is 39.3 Å². The molecule has 0 amide bonds. The van der Waals surface area contributed by atoms with Crippen LogP contribution in [0, 0.1) is 0 Å². The van der Waals surface area contributed by atoms with Crippen LogP contribution in [0.1, 0.15) is 12.7 Å². The second kappa shape index (κ2) is 8.80. The zero-order valence-corrected chi connectivity index (χ0v) is 16.0. The summed E-state index contributed by atoms with van der Waals surface area (Å²) in [6, 6.07) is 5.10. The van der Waals surface area contributed by atoms with Gasteiger partial charge in [-0.15, -0.1) is 0 Å². The summed E-state index contributed by atoms with van der Waals surface area (Å²) in [5.74, 6) is 0.822. The maximum absolute atomic E-state index is 5.93. The van der Waals surface area contributed by atoms with Crippen molar-refractivity contribution in [3.63, 3.8) is 0 Å². The molecule has 0 radical (unpaired) electrons. The van der Waals surface area contributed by atoms with Crippen LogP contribution < -0.4 is 0 Å². The molecule has 2 heterocycles. The summed E-state index contributed by atoms with van der Waals surface area (Å²) < 4.78 is 13.3. The molecule has 2 rings (SSSR count). The quantitative estimate of drug-likeness (QED) is 0.387. The Morgan fingerprint density at radius 1 is 1.21 bits per heavy atom. The second-order valence-corrected chi connectivity index (χ2v) is 12.4. The number of nitrogens with zero attached hydrogens (tertiary/aromatic N) is 3. The summed E-state index contributed by atoms with van der Waals surface area (Å²) in [7, 11) is -1.09. The van der Waals surface area contributed by atoms with Gasteiger partial charge in [-0.3, -0.25) is 4.98 Å². The number of imidazole rings is 1. The van der Waals surface area contributed by atoms with Gasteiger partial charge in [-0.1, -0.05) is 19.6 Å². The van der Waals surface area contributed by atoms with E-state index in [2.05, 4.69) is 34.2 Å². The highest BCUT2D eigenvalue weighted by atomic mass is 28.3. The van der Waals surface area contributed by atoms with E-state index in [0.29, 0.717) is 13.3 Å². The van der Waals surface area contributed by atoms with E-state index < -0.39 is 8.07 Å². The molecule has 0 fully saturated rings. The predicted molar refractivity (Wildman–Crippen MR) is 100 cm³/mol. The van der Waals surface area contributed by atoms with Gasteiger partial charge in [0.2, 0.25) is 0 Å². The lowest BCUT2D eigenvalue weighted by atomic mass is 10.2. The number of ether oxygens (including phenoxy) is 2. The van der Waals surface area contributed by atoms with Crippen molar-refractivity contribution in [2.75, 3.05) is 13.2 Å². The Bertz CT molecular complexity index is 648. The first-order valence-electron chi connectivity index (χ1n) is 8.33. The Kier molecular flexibility index (Phi) is 6.75. The first kappa shape index (κ1) is 18.4. The summed E-state index contributed by atoms with van der Waals surface area (Å²) >= 11 is 0. The van der Waals surface area contributed by atoms with Crippen LogP contribution >= 0.6 is 0 Å². The van der Waals surface area contributed by atoms with E-state index in [9.17, 15) is 0 Å². The Labute approximate surface area is 145 Å². The lowest BCUT2D eigenvalue weighted by Gasteiger charge is -2.16. The van der Waals surface area contributed by atoms with E-state index in [1.807, 2.05) is 31.3 Å². The van der Waals surface area contributed by atoms with Gasteiger partial charge in [0.15, 0.2) is 0 Å². The molecule has 0 aliphatic rings. The van der Waals surface area contributed by atoms with E-state index in [4.69, 9.17) is 9.47 Å². The summed E-state index contributed by atoms with van der Waals surface area (Å²) in [6.07, 6.45) is 8.99. The molecular formula is C18H27N3O2Si. The molecule has 130 valence electrons. The van der Waals surface area contributed by atoms with Crippen molar-refractivity contribution in [3.8, 4) is 11.3 Å². The molecule has 0 aliphatic carbocycles. The van der Waals surface area contributed by atoms with Crippen molar-refractivity contribution >= 4 is 14.1 Å². The van der Waals surface area contributed by atoms with Gasteiger partial charge in [0, 0.05) is 38.7 Å². The normalized spacial score (nSPS) is 12.0. The van der Waals surface area contributed by atoms with Crippen molar-refractivity contribution in [1.29, 1.82) is 0 Å². The second-order valence-electron chi connectivity index (χ2n) is 6.77. The monoisotopic (exact) mass is 345 g/mol. The molecule has 0 saturated carbocycles. The Hall–Kier alpha value is -1.92. The molecule has 0 aliphatic heterocycles. The first-order chi connectivity index (χ1) is 11.5. The molecule has 24 heavy (non-hydrogen) atoms. The molecule has 5 nitrogen and oxygen atoms in total. The van der Waals surface area contributed by atoms with Crippen LogP contribution in [0.2, 0.25) is 25.7 Å². The van der Waals surface area contributed by atoms with Gasteiger partial charge in [0.1, 0.15) is 12.6 Å². The largest absolute Gasteiger partial charge is 0.501 e. The summed E-state index contributed by atoms with van der Waals surface area (Å²) in [6.45, 7) is 10.9. The zero-order chi connectivity index (χ0) is 17.4. The third kappa shape index (κ3) is 5.61. The van der Waals surface area contributed by atoms with E-state index >= 15 is 0 Å². The van der Waals surface area contributed by atoms with Crippen LogP contribution in [0.5, 0.6) is 0 Å². The van der Waals surface area contributed by atoms with Gasteiger partial charge in [0.05, 0.1) is 24.8 Å². The molecule has 0 aromatic carbocycles. The number of hydrogen-bond acceptors (Lipinski definition) is 4. The minimum Gasteiger partial charge on any atom is -0.501 e. The molecule has 0 N–H and O–H groups in total. The number of aromatic nitrogens is 3. The van der Waals surface area contributed by atoms with Crippen LogP contribution in [0.15, 0.2) is 37.0 Å². The topological polar surface area (TPSA) is 49.2 Å². The highest BCUT2D eigenvalue weighted by Crippen LogP contribution is 2.21. The molecule has 0 saturated heterocycles. The fourth-order valence-electron chi connectivity index (χ4n) is 2.15. The molecule has 2 aromatic heterocycles. The molecule has 0 spiro atoms. The first-order valence-corrected chi connectivity index (χ1v) is 12.0. The molecule has 0 bridgehead atoms. The fourth-order valence-corrected chi connectivity index (χ4v) is 2.91. The molecule has 0 atom stereocenters. The number of rotatable bonds is 9. The van der Waals surface area contributed by atoms with E-state index in [0.717, 1.165) is 29.7 Å². The zero-order valence-electron chi connectivity index (χ0n) is 15.0. The highest BCUT2D eigenvalue weighted by molar-refractivity contribution is 6.76. The summed E-state index contributed by atoms with van der Waals surface area (Å²) in [4.78, 5) is 8.58. The van der Waals surface area contributed by atoms with Crippen molar-refractivity contribution in [2.24, 2.45) is 0 Å².